The summed E-state index contributed by atoms with van der Waals surface area (Å²) in [7, 11) is 0. The fourth-order valence-electron chi connectivity index (χ4n) is 2.05. The number of hydrogen-bond donors (Lipinski definition) is 0. The highest BCUT2D eigenvalue weighted by atomic mass is 16.5. The van der Waals surface area contributed by atoms with Crippen molar-refractivity contribution >= 4 is 6.47 Å². The van der Waals surface area contributed by atoms with E-state index < -0.39 is 0 Å². The van der Waals surface area contributed by atoms with Gasteiger partial charge < -0.3 is 4.74 Å². The fraction of sp³-hybridized carbons (Fsp3) is 0.923. The van der Waals surface area contributed by atoms with Crippen molar-refractivity contribution in [1.29, 1.82) is 0 Å². The van der Waals surface area contributed by atoms with E-state index in [4.69, 9.17) is 0 Å². The molecule has 0 aliphatic carbocycles. The van der Waals surface area contributed by atoms with Crippen molar-refractivity contribution < 1.29 is 9.53 Å². The standard InChI is InChI=1S/C13H26O2/c1-5-12(13(2,3)4)9-7-6-8-10-15-11-14/h11-12H,5-10H2,1-4H3. The number of ether oxygens (including phenoxy) is 1. The highest BCUT2D eigenvalue weighted by Gasteiger charge is 2.21. The summed E-state index contributed by atoms with van der Waals surface area (Å²) in [4.78, 5) is 9.90. The minimum atomic E-state index is 0.425. The zero-order chi connectivity index (χ0) is 11.7. The predicted octanol–water partition coefficient (Wildman–Crippen LogP) is 3.79. The van der Waals surface area contributed by atoms with Gasteiger partial charge in [-0.2, -0.15) is 0 Å². The molecule has 0 N–H and O–H groups in total. The predicted molar refractivity (Wildman–Crippen MR) is 63.7 cm³/mol. The average Bonchev–Trinajstić information content (AvgIpc) is 2.15. The van der Waals surface area contributed by atoms with Crippen LogP contribution in [-0.4, -0.2) is 13.1 Å². The Morgan fingerprint density at radius 1 is 1.20 bits per heavy atom. The summed E-state index contributed by atoms with van der Waals surface area (Å²) in [5.41, 5.74) is 0.425. The number of carbonyl (C=O) groups is 1. The van der Waals surface area contributed by atoms with Crippen molar-refractivity contribution in [3.05, 3.63) is 0 Å². The van der Waals surface area contributed by atoms with E-state index in [2.05, 4.69) is 32.4 Å². The number of unbranched alkanes of at least 4 members (excludes halogenated alkanes) is 2. The Hall–Kier alpha value is -0.530. The monoisotopic (exact) mass is 214 g/mol. The lowest BCUT2D eigenvalue weighted by molar-refractivity contribution is -0.128. The third-order valence-corrected chi connectivity index (χ3v) is 3.10. The van der Waals surface area contributed by atoms with E-state index in [9.17, 15) is 4.79 Å². The molecule has 0 saturated carbocycles. The van der Waals surface area contributed by atoms with E-state index in [1.165, 1.54) is 25.7 Å². The molecule has 0 fully saturated rings. The SMILES string of the molecule is CCC(CCCCCOC=O)C(C)(C)C. The van der Waals surface area contributed by atoms with Crippen LogP contribution in [0.3, 0.4) is 0 Å². The van der Waals surface area contributed by atoms with Crippen LogP contribution in [0.5, 0.6) is 0 Å². The molecule has 0 aromatic heterocycles. The van der Waals surface area contributed by atoms with Gasteiger partial charge in [0.15, 0.2) is 0 Å². The quantitative estimate of drug-likeness (QED) is 0.454. The van der Waals surface area contributed by atoms with Gasteiger partial charge in [-0.05, 0) is 24.2 Å². The van der Waals surface area contributed by atoms with Crippen LogP contribution in [0.2, 0.25) is 0 Å². The van der Waals surface area contributed by atoms with Crippen LogP contribution in [0.25, 0.3) is 0 Å². The number of rotatable bonds is 8. The topological polar surface area (TPSA) is 26.3 Å². The molecule has 0 heterocycles. The maximum absolute atomic E-state index is 9.90. The Morgan fingerprint density at radius 3 is 2.33 bits per heavy atom. The van der Waals surface area contributed by atoms with Gasteiger partial charge in [0.1, 0.15) is 0 Å². The first-order valence-corrected chi connectivity index (χ1v) is 6.07. The molecule has 1 unspecified atom stereocenters. The second-order valence-electron chi connectivity index (χ2n) is 5.29. The molecular formula is C13H26O2. The maximum atomic E-state index is 9.90. The first-order chi connectivity index (χ1) is 7.02. The Labute approximate surface area is 94.4 Å². The smallest absolute Gasteiger partial charge is 0.293 e. The largest absolute Gasteiger partial charge is 0.468 e. The van der Waals surface area contributed by atoms with Gasteiger partial charge >= 0.3 is 0 Å². The van der Waals surface area contributed by atoms with Gasteiger partial charge in [0, 0.05) is 0 Å². The highest BCUT2D eigenvalue weighted by molar-refractivity contribution is 5.36. The molecule has 0 aromatic rings. The second-order valence-corrected chi connectivity index (χ2v) is 5.29. The lowest BCUT2D eigenvalue weighted by Crippen LogP contribution is -2.19. The molecule has 0 spiro atoms. The molecule has 0 amide bonds. The van der Waals surface area contributed by atoms with Crippen molar-refractivity contribution in [2.24, 2.45) is 11.3 Å². The van der Waals surface area contributed by atoms with Gasteiger partial charge in [0.2, 0.25) is 0 Å². The van der Waals surface area contributed by atoms with Gasteiger partial charge in [0.05, 0.1) is 6.61 Å². The summed E-state index contributed by atoms with van der Waals surface area (Å²) >= 11 is 0. The van der Waals surface area contributed by atoms with Gasteiger partial charge in [-0.1, -0.05) is 47.0 Å². The van der Waals surface area contributed by atoms with E-state index in [1.807, 2.05) is 0 Å². The molecule has 0 aromatic carbocycles. The molecule has 0 radical (unpaired) electrons. The van der Waals surface area contributed by atoms with Gasteiger partial charge in [-0.25, -0.2) is 0 Å². The molecule has 1 atom stereocenters. The highest BCUT2D eigenvalue weighted by Crippen LogP contribution is 2.32. The van der Waals surface area contributed by atoms with Crippen molar-refractivity contribution in [1.82, 2.24) is 0 Å². The van der Waals surface area contributed by atoms with Crippen molar-refractivity contribution in [2.75, 3.05) is 6.61 Å². The number of hydrogen-bond acceptors (Lipinski definition) is 2. The molecule has 0 aliphatic heterocycles. The molecule has 0 aliphatic rings. The lowest BCUT2D eigenvalue weighted by Gasteiger charge is -2.29. The van der Waals surface area contributed by atoms with Crippen LogP contribution in [0.1, 0.15) is 59.8 Å². The molecule has 2 heteroatoms. The number of carbonyl (C=O) groups excluding carboxylic acids is 1. The molecule has 0 saturated heterocycles. The van der Waals surface area contributed by atoms with Gasteiger partial charge in [0.25, 0.3) is 6.47 Å². The molecule has 90 valence electrons. The maximum Gasteiger partial charge on any atom is 0.293 e. The summed E-state index contributed by atoms with van der Waals surface area (Å²) in [6, 6.07) is 0. The molecular weight excluding hydrogens is 188 g/mol. The van der Waals surface area contributed by atoms with Crippen molar-refractivity contribution in [2.45, 2.75) is 59.8 Å². The van der Waals surface area contributed by atoms with E-state index in [0.29, 0.717) is 18.5 Å². The van der Waals surface area contributed by atoms with E-state index >= 15 is 0 Å². The fourth-order valence-corrected chi connectivity index (χ4v) is 2.05. The summed E-state index contributed by atoms with van der Waals surface area (Å²) in [6.07, 6.45) is 5.97. The Morgan fingerprint density at radius 2 is 1.87 bits per heavy atom. The first kappa shape index (κ1) is 14.5. The van der Waals surface area contributed by atoms with E-state index in [-0.39, 0.29) is 0 Å². The van der Waals surface area contributed by atoms with Crippen molar-refractivity contribution in [3.8, 4) is 0 Å². The molecule has 0 rings (SSSR count). The second kappa shape index (κ2) is 7.72. The van der Waals surface area contributed by atoms with Crippen LogP contribution in [0.15, 0.2) is 0 Å². The zero-order valence-electron chi connectivity index (χ0n) is 10.7. The van der Waals surface area contributed by atoms with Crippen molar-refractivity contribution in [3.63, 3.8) is 0 Å². The average molecular weight is 214 g/mol. The van der Waals surface area contributed by atoms with Crippen LogP contribution < -0.4 is 0 Å². The van der Waals surface area contributed by atoms with Crippen LogP contribution in [0, 0.1) is 11.3 Å². The summed E-state index contributed by atoms with van der Waals surface area (Å²) in [5.74, 6) is 0.810. The third kappa shape index (κ3) is 7.40. The summed E-state index contributed by atoms with van der Waals surface area (Å²) < 4.78 is 4.65. The third-order valence-electron chi connectivity index (χ3n) is 3.10. The van der Waals surface area contributed by atoms with Crippen LogP contribution in [0.4, 0.5) is 0 Å². The summed E-state index contributed by atoms with van der Waals surface area (Å²) in [6.45, 7) is 10.3. The Balaban J connectivity index is 3.51. The minimum Gasteiger partial charge on any atom is -0.468 e. The first-order valence-electron chi connectivity index (χ1n) is 6.07. The van der Waals surface area contributed by atoms with E-state index in [1.54, 1.807) is 0 Å². The normalized spacial score (nSPS) is 13.6. The molecule has 2 nitrogen and oxygen atoms in total. The Bertz CT molecular complexity index is 158. The minimum absolute atomic E-state index is 0.425. The summed E-state index contributed by atoms with van der Waals surface area (Å²) in [5, 5.41) is 0. The van der Waals surface area contributed by atoms with Gasteiger partial charge in [-0.15, -0.1) is 0 Å². The molecule has 15 heavy (non-hydrogen) atoms. The molecule has 0 bridgehead atoms. The van der Waals surface area contributed by atoms with Gasteiger partial charge in [-0.3, -0.25) is 4.79 Å². The van der Waals surface area contributed by atoms with Crippen LogP contribution in [-0.2, 0) is 9.53 Å². The zero-order valence-corrected chi connectivity index (χ0v) is 10.7. The van der Waals surface area contributed by atoms with Crippen LogP contribution >= 0.6 is 0 Å². The Kier molecular flexibility index (Phi) is 7.45. The lowest BCUT2D eigenvalue weighted by atomic mass is 9.76. The van der Waals surface area contributed by atoms with E-state index in [0.717, 1.165) is 12.3 Å².